The van der Waals surface area contributed by atoms with Crippen molar-refractivity contribution in [3.63, 3.8) is 0 Å². The predicted molar refractivity (Wildman–Crippen MR) is 126 cm³/mol. The maximum Gasteiger partial charge on any atom is 0.334 e. The van der Waals surface area contributed by atoms with Crippen LogP contribution in [0.3, 0.4) is 0 Å². The number of rotatable bonds is 6. The first kappa shape index (κ1) is 23.0. The fraction of sp³-hybridized carbons (Fsp3) is 0.385. The van der Waals surface area contributed by atoms with Gasteiger partial charge in [-0.15, -0.1) is 0 Å². The number of fused-ring (bicyclic) bond motifs is 1. The summed E-state index contributed by atoms with van der Waals surface area (Å²) in [5.41, 5.74) is 4.54. The van der Waals surface area contributed by atoms with Crippen molar-refractivity contribution < 1.29 is 24.5 Å². The third-order valence-electron chi connectivity index (χ3n) is 6.62. The van der Waals surface area contributed by atoms with Gasteiger partial charge < -0.3 is 19.8 Å². The molecule has 2 aromatic rings. The van der Waals surface area contributed by atoms with Crippen LogP contribution in [0.5, 0.6) is 0 Å². The molecule has 0 aliphatic carbocycles. The lowest BCUT2D eigenvalue weighted by molar-refractivity contribution is -0.135. The lowest BCUT2D eigenvalue weighted by atomic mass is 9.86. The number of benzene rings is 2. The van der Waals surface area contributed by atoms with E-state index in [1.165, 1.54) is 16.7 Å². The highest BCUT2D eigenvalue weighted by Crippen LogP contribution is 2.36. The van der Waals surface area contributed by atoms with Gasteiger partial charge in [0.05, 0.1) is 24.8 Å². The third-order valence-corrected chi connectivity index (χ3v) is 6.62. The molecule has 2 unspecified atom stereocenters. The molecule has 7 heteroatoms. The Kier molecular flexibility index (Phi) is 7.11. The van der Waals surface area contributed by atoms with Crippen LogP contribution < -0.4 is 4.90 Å². The van der Waals surface area contributed by atoms with E-state index >= 15 is 0 Å². The molecule has 174 valence electrons. The number of carboxylic acid groups (broad SMARTS) is 2. The predicted octanol–water partition coefficient (Wildman–Crippen LogP) is 3.34. The van der Waals surface area contributed by atoms with E-state index in [0.717, 1.165) is 37.8 Å². The van der Waals surface area contributed by atoms with Crippen LogP contribution in [-0.4, -0.2) is 65.9 Å². The quantitative estimate of drug-likeness (QED) is 0.653. The van der Waals surface area contributed by atoms with Crippen LogP contribution in [-0.2, 0) is 20.9 Å². The summed E-state index contributed by atoms with van der Waals surface area (Å²) in [5, 5.41) is 18.9. The SMILES string of the molecule is CCN1CCC(c2ccccc2)c2ccc(N3CCOCC3/C(=C\C(=O)O)C(=O)O)cc2C1. The average molecular weight is 451 g/mol. The highest BCUT2D eigenvalue weighted by Gasteiger charge is 2.32. The maximum atomic E-state index is 11.9. The van der Waals surface area contributed by atoms with E-state index in [1.807, 2.05) is 17.0 Å². The average Bonchev–Trinajstić information content (AvgIpc) is 3.01. The summed E-state index contributed by atoms with van der Waals surface area (Å²) in [6.07, 6.45) is 1.82. The zero-order valence-electron chi connectivity index (χ0n) is 18.8. The van der Waals surface area contributed by atoms with Crippen molar-refractivity contribution >= 4 is 17.6 Å². The van der Waals surface area contributed by atoms with Gasteiger partial charge in [0, 0.05) is 30.8 Å². The minimum atomic E-state index is -1.27. The minimum absolute atomic E-state index is 0.135. The number of hydrogen-bond acceptors (Lipinski definition) is 5. The van der Waals surface area contributed by atoms with Gasteiger partial charge in [-0.1, -0.05) is 43.3 Å². The second kappa shape index (κ2) is 10.2. The fourth-order valence-corrected chi connectivity index (χ4v) is 4.94. The van der Waals surface area contributed by atoms with Crippen LogP contribution >= 0.6 is 0 Å². The highest BCUT2D eigenvalue weighted by atomic mass is 16.5. The molecule has 1 saturated heterocycles. The number of aliphatic carboxylic acids is 2. The molecular weight excluding hydrogens is 420 g/mol. The van der Waals surface area contributed by atoms with Crippen LogP contribution in [0.15, 0.2) is 60.2 Å². The molecule has 0 spiro atoms. The Morgan fingerprint density at radius 1 is 1.12 bits per heavy atom. The molecule has 2 aliphatic heterocycles. The fourth-order valence-electron chi connectivity index (χ4n) is 4.94. The zero-order valence-corrected chi connectivity index (χ0v) is 18.8. The van der Waals surface area contributed by atoms with Crippen molar-refractivity contribution in [2.75, 3.05) is 37.7 Å². The normalized spacial score (nSPS) is 21.8. The summed E-state index contributed by atoms with van der Waals surface area (Å²) in [6.45, 7) is 6.04. The van der Waals surface area contributed by atoms with E-state index in [0.29, 0.717) is 19.1 Å². The minimum Gasteiger partial charge on any atom is -0.478 e. The standard InChI is InChI=1S/C26H30N2O5/c1-2-27-11-10-22(18-6-4-3-5-7-18)21-9-8-20(14-19(21)16-27)28-12-13-33-17-24(28)23(26(31)32)15-25(29)30/h3-9,14-15,22,24H,2,10-13,16-17H2,1H3,(H,29,30)(H,31,32)/b23-15+. The Morgan fingerprint density at radius 3 is 2.61 bits per heavy atom. The molecule has 2 aliphatic rings. The van der Waals surface area contributed by atoms with E-state index in [4.69, 9.17) is 4.74 Å². The largest absolute Gasteiger partial charge is 0.478 e. The van der Waals surface area contributed by atoms with Crippen LogP contribution in [0.4, 0.5) is 5.69 Å². The summed E-state index contributed by atoms with van der Waals surface area (Å²) in [7, 11) is 0. The van der Waals surface area contributed by atoms with Gasteiger partial charge in [0.25, 0.3) is 0 Å². The van der Waals surface area contributed by atoms with Crippen molar-refractivity contribution in [3.05, 3.63) is 76.9 Å². The monoisotopic (exact) mass is 450 g/mol. The Hall–Kier alpha value is -3.16. The van der Waals surface area contributed by atoms with Crippen LogP contribution in [0.25, 0.3) is 0 Å². The van der Waals surface area contributed by atoms with Crippen molar-refractivity contribution in [3.8, 4) is 0 Å². The topological polar surface area (TPSA) is 90.3 Å². The van der Waals surface area contributed by atoms with Crippen LogP contribution in [0.2, 0.25) is 0 Å². The number of hydrogen-bond donors (Lipinski definition) is 2. The van der Waals surface area contributed by atoms with Crippen molar-refractivity contribution in [1.29, 1.82) is 0 Å². The second-order valence-corrected chi connectivity index (χ2v) is 8.53. The number of morpholine rings is 1. The lowest BCUT2D eigenvalue weighted by Gasteiger charge is -2.38. The summed E-state index contributed by atoms with van der Waals surface area (Å²) >= 11 is 0. The van der Waals surface area contributed by atoms with Gasteiger partial charge in [-0.05, 0) is 48.3 Å². The van der Waals surface area contributed by atoms with E-state index < -0.39 is 18.0 Å². The number of carboxylic acids is 2. The smallest absolute Gasteiger partial charge is 0.334 e. The molecule has 2 atom stereocenters. The van der Waals surface area contributed by atoms with Gasteiger partial charge >= 0.3 is 11.9 Å². The molecule has 2 aromatic carbocycles. The molecule has 4 rings (SSSR count). The Morgan fingerprint density at radius 2 is 1.91 bits per heavy atom. The molecule has 0 bridgehead atoms. The van der Waals surface area contributed by atoms with E-state index in [9.17, 15) is 19.8 Å². The lowest BCUT2D eigenvalue weighted by Crippen LogP contribution is -2.48. The molecule has 7 nitrogen and oxygen atoms in total. The zero-order chi connectivity index (χ0) is 23.4. The van der Waals surface area contributed by atoms with Gasteiger partial charge in [0.15, 0.2) is 0 Å². The molecule has 0 radical (unpaired) electrons. The van der Waals surface area contributed by atoms with Gasteiger partial charge in [0.1, 0.15) is 0 Å². The number of nitrogens with zero attached hydrogens (tertiary/aromatic N) is 2. The first-order chi connectivity index (χ1) is 16.0. The van der Waals surface area contributed by atoms with Crippen molar-refractivity contribution in [2.24, 2.45) is 0 Å². The molecule has 0 amide bonds. The van der Waals surface area contributed by atoms with Gasteiger partial charge in [0.2, 0.25) is 0 Å². The van der Waals surface area contributed by atoms with E-state index in [-0.39, 0.29) is 12.2 Å². The Bertz CT molecular complexity index is 1040. The molecule has 1 fully saturated rings. The number of carbonyl (C=O) groups is 2. The molecule has 0 aromatic heterocycles. The second-order valence-electron chi connectivity index (χ2n) is 8.53. The Labute approximate surface area is 193 Å². The number of anilines is 1. The molecule has 33 heavy (non-hydrogen) atoms. The van der Waals surface area contributed by atoms with Crippen molar-refractivity contribution in [1.82, 2.24) is 4.90 Å². The maximum absolute atomic E-state index is 11.9. The summed E-state index contributed by atoms with van der Waals surface area (Å²) < 4.78 is 5.54. The first-order valence-electron chi connectivity index (χ1n) is 11.4. The Balaban J connectivity index is 1.74. The molecular formula is C26H30N2O5. The molecule has 2 heterocycles. The van der Waals surface area contributed by atoms with Crippen LogP contribution in [0.1, 0.15) is 36.0 Å². The molecule has 2 N–H and O–H groups in total. The summed E-state index contributed by atoms with van der Waals surface area (Å²) in [6, 6.07) is 16.2. The van der Waals surface area contributed by atoms with E-state index in [2.05, 4.69) is 48.2 Å². The van der Waals surface area contributed by atoms with Gasteiger partial charge in [-0.2, -0.15) is 0 Å². The van der Waals surface area contributed by atoms with Crippen LogP contribution in [0, 0.1) is 0 Å². The van der Waals surface area contributed by atoms with Gasteiger partial charge in [-0.3, -0.25) is 4.90 Å². The van der Waals surface area contributed by atoms with E-state index in [1.54, 1.807) is 0 Å². The third kappa shape index (κ3) is 5.10. The highest BCUT2D eigenvalue weighted by molar-refractivity contribution is 5.96. The summed E-state index contributed by atoms with van der Waals surface area (Å²) in [5.74, 6) is -2.22. The summed E-state index contributed by atoms with van der Waals surface area (Å²) in [4.78, 5) is 27.5. The first-order valence-corrected chi connectivity index (χ1v) is 11.4. The van der Waals surface area contributed by atoms with Gasteiger partial charge in [-0.25, -0.2) is 9.59 Å². The molecule has 0 saturated carbocycles. The van der Waals surface area contributed by atoms with Crippen molar-refractivity contribution in [2.45, 2.75) is 31.8 Å². The number of ether oxygens (including phenoxy) is 1.